The summed E-state index contributed by atoms with van der Waals surface area (Å²) in [5, 5.41) is 0. The van der Waals surface area contributed by atoms with Crippen LogP contribution in [0.4, 0.5) is 34.3 Å². The van der Waals surface area contributed by atoms with E-state index in [-0.39, 0.29) is 10.8 Å². The Morgan fingerprint density at radius 3 is 1.35 bits per heavy atom. The second-order valence-electron chi connectivity index (χ2n) is 26.0. The Balaban J connectivity index is 0.955. The molecule has 0 N–H and O–H groups in total. The van der Waals surface area contributed by atoms with E-state index in [1.807, 2.05) is 6.20 Å². The van der Waals surface area contributed by atoms with Gasteiger partial charge < -0.3 is 4.90 Å². The molecule has 12 aromatic carbocycles. The van der Waals surface area contributed by atoms with Gasteiger partial charge in [-0.25, -0.2) is 0 Å². The minimum atomic E-state index is -0.175. The fourth-order valence-corrected chi connectivity index (χ4v) is 14.2. The van der Waals surface area contributed by atoms with Gasteiger partial charge in [0.2, 0.25) is 0 Å². The SMILES string of the molecule is CC(C)(C)c1ccnc(N2c3ccccc3-c3cc(-c4ccccc4)ccc3N(c3ccccc3)c3ccc(-c4ccccc4)cc3-c3ccc(Oc4cccc(-n5[c](=[Pt])n(-c6c(-c7ccccc7)cc(C(C)(C)C)cc6-c6ccccc6)c6ccccc65)c4)cc32)c1. The summed E-state index contributed by atoms with van der Waals surface area (Å²) >= 11 is 2.55. The molecule has 0 bridgehead atoms. The van der Waals surface area contributed by atoms with Crippen LogP contribution in [0.15, 0.2) is 310 Å². The summed E-state index contributed by atoms with van der Waals surface area (Å²) < 4.78 is 13.2. The van der Waals surface area contributed by atoms with Crippen LogP contribution in [-0.2, 0) is 30.2 Å². The Bertz CT molecular complexity index is 5100. The van der Waals surface area contributed by atoms with Crippen LogP contribution in [0.2, 0.25) is 0 Å². The van der Waals surface area contributed by atoms with Gasteiger partial charge in [-0.2, -0.15) is 0 Å². The molecule has 1 aliphatic rings. The number of benzene rings is 12. The number of hydrogen-bond donors (Lipinski definition) is 0. The quantitative estimate of drug-likeness (QED) is 0.137. The van der Waals surface area contributed by atoms with E-state index in [0.717, 1.165) is 116 Å². The van der Waals surface area contributed by atoms with Crippen molar-refractivity contribution < 1.29 is 24.1 Å². The fourth-order valence-electron chi connectivity index (χ4n) is 13.1. The molecule has 0 fully saturated rings. The van der Waals surface area contributed by atoms with E-state index in [9.17, 15) is 0 Å². The summed E-state index contributed by atoms with van der Waals surface area (Å²) in [4.78, 5) is 10.2. The number of pyridine rings is 1. The molecule has 0 spiro atoms. The predicted octanol–water partition coefficient (Wildman–Crippen LogP) is 23.5. The number of fused-ring (bicyclic) bond motifs is 7. The maximum absolute atomic E-state index is 7.34. The van der Waals surface area contributed by atoms with Gasteiger partial charge in [0.25, 0.3) is 0 Å². The second-order valence-corrected chi connectivity index (χ2v) is 27.0. The molecule has 0 radical (unpaired) electrons. The van der Waals surface area contributed by atoms with E-state index >= 15 is 0 Å². The first-order chi connectivity index (χ1) is 45.3. The van der Waals surface area contributed by atoms with Gasteiger partial charge in [0.15, 0.2) is 0 Å². The number of para-hydroxylation sites is 4. The zero-order valence-electron chi connectivity index (χ0n) is 52.9. The Labute approximate surface area is 556 Å². The average molecular weight is 1380 g/mol. The van der Waals surface area contributed by atoms with E-state index in [1.165, 1.54) is 22.3 Å². The monoisotopic (exact) mass is 1380 g/mol. The van der Waals surface area contributed by atoms with Gasteiger partial charge in [0, 0.05) is 17.4 Å². The van der Waals surface area contributed by atoms with Crippen molar-refractivity contribution in [3.05, 3.63) is 324 Å². The number of anilines is 6. The van der Waals surface area contributed by atoms with Gasteiger partial charge in [-0.3, -0.25) is 0 Å². The summed E-state index contributed by atoms with van der Waals surface area (Å²) in [7, 11) is 0. The molecule has 0 aliphatic carbocycles. The normalized spacial score (nSPS) is 12.2. The van der Waals surface area contributed by atoms with Crippen molar-refractivity contribution in [3.8, 4) is 89.6 Å². The van der Waals surface area contributed by atoms with Crippen LogP contribution in [0.1, 0.15) is 52.7 Å². The number of ether oxygens (including phenoxy) is 1. The standard InChI is InChI=1S/C86H69N5O.Pt/c1-85(2,3)65-49-50-87-83(55-65)91-77-40-23-22-39-71(77)75-51-63(59-27-12-7-13-28-59)43-47-78(75)90(67-35-20-11-21-36-67)79-48-44-64(60-29-14-8-15-30-60)52-76(79)72-46-45-70(57-82(72)91)92-69-38-26-37-68(56-69)88-58-89(81-42-25-24-41-80(81)88)84-73(61-31-16-9-17-32-61)53-66(86(4,5)6)54-74(84)62-33-18-10-19-34-62;/h7-57H,1-6H3;. The predicted molar refractivity (Wildman–Crippen MR) is 383 cm³/mol. The first-order valence-electron chi connectivity index (χ1n) is 31.8. The van der Waals surface area contributed by atoms with Gasteiger partial charge in [0.1, 0.15) is 0 Å². The number of hydrogen-bond acceptors (Lipinski definition) is 4. The molecular weight excluding hydrogens is 1310 g/mol. The Morgan fingerprint density at radius 2 is 0.785 bits per heavy atom. The number of nitrogens with zero attached hydrogens (tertiary/aromatic N) is 5. The van der Waals surface area contributed by atoms with Crippen molar-refractivity contribution in [1.29, 1.82) is 0 Å². The van der Waals surface area contributed by atoms with Crippen molar-refractivity contribution in [2.75, 3.05) is 9.80 Å². The van der Waals surface area contributed by atoms with E-state index in [1.54, 1.807) is 0 Å². The van der Waals surface area contributed by atoms with Crippen molar-refractivity contribution in [3.63, 3.8) is 0 Å². The molecule has 0 amide bonds. The van der Waals surface area contributed by atoms with Crippen molar-refractivity contribution >= 4 is 45.3 Å². The van der Waals surface area contributed by atoms with Gasteiger partial charge in [-0.1, -0.05) is 130 Å². The molecule has 454 valence electrons. The van der Waals surface area contributed by atoms with E-state index in [4.69, 9.17) is 9.72 Å². The zero-order valence-corrected chi connectivity index (χ0v) is 55.2. The number of imidazole rings is 1. The summed E-state index contributed by atoms with van der Waals surface area (Å²) in [6.45, 7) is 13.7. The third-order valence-electron chi connectivity index (χ3n) is 17.9. The molecule has 0 unspecified atom stereocenters. The Hall–Kier alpha value is -10.7. The third-order valence-corrected chi connectivity index (χ3v) is 18.9. The number of aromatic nitrogens is 3. The van der Waals surface area contributed by atoms with Crippen LogP contribution < -0.4 is 14.5 Å². The minimum absolute atomic E-state index is 0.108. The molecule has 0 atom stereocenters. The molecule has 93 heavy (non-hydrogen) atoms. The van der Waals surface area contributed by atoms with Gasteiger partial charge >= 0.3 is 332 Å². The van der Waals surface area contributed by atoms with Crippen LogP contribution in [0.3, 0.4) is 0 Å². The molecule has 0 saturated carbocycles. The molecule has 15 rings (SSSR count). The van der Waals surface area contributed by atoms with Gasteiger partial charge in [0.05, 0.1) is 5.69 Å². The molecule has 2 aromatic heterocycles. The molecule has 6 nitrogen and oxygen atoms in total. The molecule has 7 heteroatoms. The van der Waals surface area contributed by atoms with Gasteiger partial charge in [-0.05, 0) is 69.6 Å². The second kappa shape index (κ2) is 24.2. The number of rotatable bonds is 10. The summed E-state index contributed by atoms with van der Waals surface area (Å²) in [5.41, 5.74) is 24.7. The molecule has 1 aliphatic heterocycles. The summed E-state index contributed by atoms with van der Waals surface area (Å²) in [5.74, 6) is 2.16. The van der Waals surface area contributed by atoms with Crippen molar-refractivity contribution in [2.45, 2.75) is 52.4 Å². The van der Waals surface area contributed by atoms with Crippen LogP contribution in [0.25, 0.3) is 89.2 Å². The fraction of sp³-hybridized carbons (Fsp3) is 0.0930. The van der Waals surface area contributed by atoms with Crippen LogP contribution >= 0.6 is 0 Å². The van der Waals surface area contributed by atoms with Crippen LogP contribution in [-0.4, -0.2) is 14.1 Å². The molecule has 0 saturated heterocycles. The van der Waals surface area contributed by atoms with Crippen molar-refractivity contribution in [1.82, 2.24) is 14.1 Å². The topological polar surface area (TPSA) is 38.5 Å². The first-order valence-corrected chi connectivity index (χ1v) is 33.0. The average Bonchev–Trinajstić information content (AvgIpc) is 1.76. The van der Waals surface area contributed by atoms with E-state index in [2.05, 4.69) is 383 Å². The summed E-state index contributed by atoms with van der Waals surface area (Å²) in [6.07, 6.45) is 1.96. The third kappa shape index (κ3) is 11.1. The van der Waals surface area contributed by atoms with E-state index < -0.39 is 0 Å². The molecular formula is C86H69N5OPt. The van der Waals surface area contributed by atoms with E-state index in [0.29, 0.717) is 11.5 Å². The maximum atomic E-state index is 7.34. The Morgan fingerprint density at radius 1 is 0.312 bits per heavy atom. The van der Waals surface area contributed by atoms with Gasteiger partial charge in [-0.15, -0.1) is 0 Å². The Kier molecular flexibility index (Phi) is 15.3. The van der Waals surface area contributed by atoms with Crippen LogP contribution in [0.5, 0.6) is 11.5 Å². The molecule has 14 aromatic rings. The van der Waals surface area contributed by atoms with Crippen LogP contribution in [0, 0.1) is 3.80 Å². The van der Waals surface area contributed by atoms with Crippen molar-refractivity contribution in [2.24, 2.45) is 0 Å². The first kappa shape index (κ1) is 58.7. The molecule has 3 heterocycles. The zero-order chi connectivity index (χ0) is 63.4. The summed E-state index contributed by atoms with van der Waals surface area (Å²) in [6, 6.07) is 110.